The molecule has 0 aliphatic carbocycles. The van der Waals surface area contributed by atoms with Gasteiger partial charge >= 0.3 is 5.69 Å². The Morgan fingerprint density at radius 1 is 1.32 bits per heavy atom. The number of amides is 2. The lowest BCUT2D eigenvalue weighted by Crippen LogP contribution is -2.43. The van der Waals surface area contributed by atoms with Crippen LogP contribution in [0.3, 0.4) is 0 Å². The molecule has 2 aromatic heterocycles. The quantitative estimate of drug-likeness (QED) is 0.655. The first kappa shape index (κ1) is 19.5. The lowest BCUT2D eigenvalue weighted by molar-refractivity contribution is -0.135. The van der Waals surface area contributed by atoms with Crippen LogP contribution in [0.1, 0.15) is 31.0 Å². The van der Waals surface area contributed by atoms with Crippen molar-refractivity contribution in [1.29, 1.82) is 0 Å². The summed E-state index contributed by atoms with van der Waals surface area (Å²) in [5.74, 6) is 0.520. The predicted octanol–water partition coefficient (Wildman–Crippen LogP) is -0.827. The number of hydrogen-bond acceptors (Lipinski definition) is 7. The number of nitrogens with zero attached hydrogens (tertiary/aromatic N) is 4. The summed E-state index contributed by atoms with van der Waals surface area (Å²) in [6.07, 6.45) is 2.66. The molecule has 3 rings (SSSR count). The van der Waals surface area contributed by atoms with E-state index in [2.05, 4.69) is 20.4 Å². The van der Waals surface area contributed by atoms with E-state index in [0.717, 1.165) is 0 Å². The van der Waals surface area contributed by atoms with Crippen molar-refractivity contribution in [2.45, 2.75) is 39.3 Å². The number of carbonyl (C=O) groups is 2. The van der Waals surface area contributed by atoms with Crippen molar-refractivity contribution >= 4 is 11.8 Å². The number of piperidine rings is 1. The van der Waals surface area contributed by atoms with Crippen molar-refractivity contribution in [3.05, 3.63) is 44.8 Å². The molecule has 1 saturated heterocycles. The minimum absolute atomic E-state index is 0.0849. The molecule has 0 spiro atoms. The number of likely N-dealkylation sites (tertiary alicyclic amines) is 1. The summed E-state index contributed by atoms with van der Waals surface area (Å²) in [5, 5.41) is 6.44. The molecule has 11 nitrogen and oxygen atoms in total. The van der Waals surface area contributed by atoms with Crippen LogP contribution >= 0.6 is 0 Å². The highest BCUT2D eigenvalue weighted by molar-refractivity contribution is 5.80. The van der Waals surface area contributed by atoms with Gasteiger partial charge in [-0.25, -0.2) is 4.79 Å². The van der Waals surface area contributed by atoms with Crippen LogP contribution in [0.15, 0.2) is 26.4 Å². The minimum Gasteiger partial charge on any atom is -0.347 e. The Bertz CT molecular complexity index is 953. The molecule has 2 N–H and O–H groups in total. The van der Waals surface area contributed by atoms with Crippen LogP contribution in [-0.4, -0.2) is 49.5 Å². The monoisotopic (exact) mass is 390 g/mol. The third-order valence-electron chi connectivity index (χ3n) is 4.67. The Kier molecular flexibility index (Phi) is 6.02. The summed E-state index contributed by atoms with van der Waals surface area (Å²) >= 11 is 0. The smallest absolute Gasteiger partial charge is 0.328 e. The van der Waals surface area contributed by atoms with Crippen LogP contribution in [0.5, 0.6) is 0 Å². The maximum atomic E-state index is 12.3. The Labute approximate surface area is 159 Å². The van der Waals surface area contributed by atoms with Gasteiger partial charge in [-0.2, -0.15) is 4.98 Å². The van der Waals surface area contributed by atoms with Crippen molar-refractivity contribution in [1.82, 2.24) is 29.9 Å². The fourth-order valence-corrected chi connectivity index (χ4v) is 3.10. The Balaban J connectivity index is 1.42. The lowest BCUT2D eigenvalue weighted by atomic mass is 9.95. The molecular formula is C17H22N6O5. The summed E-state index contributed by atoms with van der Waals surface area (Å²) in [5.41, 5.74) is -1.01. The number of aromatic amines is 1. The SMILES string of the molecule is Cc1noc(CNC(=O)C2CCN(C(=O)CCn3ccc(=O)[nH]c3=O)CC2)n1. The zero-order valence-corrected chi connectivity index (χ0v) is 15.5. The summed E-state index contributed by atoms with van der Waals surface area (Å²) < 4.78 is 6.25. The molecular weight excluding hydrogens is 368 g/mol. The van der Waals surface area contributed by atoms with Crippen LogP contribution in [0.4, 0.5) is 0 Å². The molecule has 2 aromatic rings. The number of aryl methyl sites for hydroxylation is 2. The standard InChI is InChI=1S/C17H22N6O5/c1-11-19-14(28-21-11)10-18-16(26)12-2-6-22(7-3-12)15(25)5-9-23-8-4-13(24)20-17(23)27/h4,8,12H,2-3,5-7,9-10H2,1H3,(H,18,26)(H,20,24,27). The van der Waals surface area contributed by atoms with E-state index in [1.807, 2.05) is 0 Å². The molecule has 1 aliphatic heterocycles. The summed E-state index contributed by atoms with van der Waals surface area (Å²) in [4.78, 5) is 55.2. The van der Waals surface area contributed by atoms with Gasteiger partial charge in [0, 0.05) is 44.2 Å². The van der Waals surface area contributed by atoms with Crippen LogP contribution in [0.2, 0.25) is 0 Å². The van der Waals surface area contributed by atoms with E-state index in [1.165, 1.54) is 16.8 Å². The molecule has 3 heterocycles. The van der Waals surface area contributed by atoms with Gasteiger partial charge in [-0.15, -0.1) is 0 Å². The molecule has 1 aliphatic rings. The topological polar surface area (TPSA) is 143 Å². The van der Waals surface area contributed by atoms with E-state index in [9.17, 15) is 19.2 Å². The molecule has 0 aromatic carbocycles. The van der Waals surface area contributed by atoms with Crippen molar-refractivity contribution in [3.8, 4) is 0 Å². The van der Waals surface area contributed by atoms with Gasteiger partial charge in [0.1, 0.15) is 0 Å². The molecule has 0 unspecified atom stereocenters. The predicted molar refractivity (Wildman–Crippen MR) is 96.1 cm³/mol. The fourth-order valence-electron chi connectivity index (χ4n) is 3.10. The summed E-state index contributed by atoms with van der Waals surface area (Å²) in [7, 11) is 0. The number of H-pyrrole nitrogens is 1. The second kappa shape index (κ2) is 8.63. The van der Waals surface area contributed by atoms with Gasteiger partial charge in [-0.1, -0.05) is 5.16 Å². The van der Waals surface area contributed by atoms with Crippen LogP contribution < -0.4 is 16.6 Å². The number of nitrogens with one attached hydrogen (secondary N) is 2. The summed E-state index contributed by atoms with van der Waals surface area (Å²) in [6.45, 7) is 3.05. The van der Waals surface area contributed by atoms with Crippen molar-refractivity contribution in [2.75, 3.05) is 13.1 Å². The second-order valence-electron chi connectivity index (χ2n) is 6.66. The molecule has 0 radical (unpaired) electrons. The molecule has 150 valence electrons. The van der Waals surface area contributed by atoms with Gasteiger partial charge < -0.3 is 19.3 Å². The third-order valence-corrected chi connectivity index (χ3v) is 4.67. The van der Waals surface area contributed by atoms with E-state index in [0.29, 0.717) is 37.6 Å². The molecule has 1 fully saturated rings. The van der Waals surface area contributed by atoms with Gasteiger partial charge in [0.15, 0.2) is 5.82 Å². The lowest BCUT2D eigenvalue weighted by Gasteiger charge is -2.31. The van der Waals surface area contributed by atoms with Gasteiger partial charge in [-0.3, -0.25) is 19.4 Å². The van der Waals surface area contributed by atoms with Gasteiger partial charge in [0.25, 0.3) is 5.56 Å². The molecule has 0 bridgehead atoms. The molecule has 0 atom stereocenters. The van der Waals surface area contributed by atoms with Gasteiger partial charge in [0.2, 0.25) is 17.7 Å². The van der Waals surface area contributed by atoms with Crippen molar-refractivity contribution < 1.29 is 14.1 Å². The molecule has 11 heteroatoms. The number of carbonyl (C=O) groups excluding carboxylic acids is 2. The third kappa shape index (κ3) is 4.93. The minimum atomic E-state index is -0.535. The first-order valence-corrected chi connectivity index (χ1v) is 9.07. The van der Waals surface area contributed by atoms with E-state index in [4.69, 9.17) is 4.52 Å². The Morgan fingerprint density at radius 2 is 2.07 bits per heavy atom. The fraction of sp³-hybridized carbons (Fsp3) is 0.529. The first-order chi connectivity index (χ1) is 13.4. The van der Waals surface area contributed by atoms with E-state index in [-0.39, 0.29) is 37.2 Å². The van der Waals surface area contributed by atoms with Crippen molar-refractivity contribution in [2.24, 2.45) is 5.92 Å². The Morgan fingerprint density at radius 3 is 2.71 bits per heavy atom. The number of aromatic nitrogens is 4. The molecule has 28 heavy (non-hydrogen) atoms. The molecule has 0 saturated carbocycles. The maximum Gasteiger partial charge on any atom is 0.328 e. The number of rotatable bonds is 6. The highest BCUT2D eigenvalue weighted by Gasteiger charge is 2.27. The van der Waals surface area contributed by atoms with Crippen LogP contribution in [0.25, 0.3) is 0 Å². The zero-order valence-electron chi connectivity index (χ0n) is 15.5. The van der Waals surface area contributed by atoms with Crippen LogP contribution in [-0.2, 0) is 22.7 Å². The average Bonchev–Trinajstić information content (AvgIpc) is 3.10. The van der Waals surface area contributed by atoms with Gasteiger partial charge in [0.05, 0.1) is 6.54 Å². The highest BCUT2D eigenvalue weighted by Crippen LogP contribution is 2.18. The summed E-state index contributed by atoms with van der Waals surface area (Å²) in [6, 6.07) is 1.24. The Hall–Kier alpha value is -3.24. The normalized spacial score (nSPS) is 14.8. The zero-order chi connectivity index (χ0) is 20.1. The van der Waals surface area contributed by atoms with E-state index >= 15 is 0 Å². The van der Waals surface area contributed by atoms with Crippen molar-refractivity contribution in [3.63, 3.8) is 0 Å². The molecule has 2 amide bonds. The van der Waals surface area contributed by atoms with Gasteiger partial charge in [-0.05, 0) is 19.8 Å². The first-order valence-electron chi connectivity index (χ1n) is 9.07. The number of hydrogen-bond donors (Lipinski definition) is 2. The van der Waals surface area contributed by atoms with E-state index in [1.54, 1.807) is 11.8 Å². The highest BCUT2D eigenvalue weighted by atomic mass is 16.5. The maximum absolute atomic E-state index is 12.3. The largest absolute Gasteiger partial charge is 0.347 e. The van der Waals surface area contributed by atoms with E-state index < -0.39 is 11.2 Å². The second-order valence-corrected chi connectivity index (χ2v) is 6.66. The average molecular weight is 390 g/mol. The van der Waals surface area contributed by atoms with Crippen LogP contribution in [0, 0.1) is 12.8 Å².